The summed E-state index contributed by atoms with van der Waals surface area (Å²) in [6.45, 7) is 4.90. The molecule has 3 rings (SSSR count). The van der Waals surface area contributed by atoms with Gasteiger partial charge in [0, 0.05) is 31.9 Å². The zero-order valence-electron chi connectivity index (χ0n) is 15.5. The first-order valence-electron chi connectivity index (χ1n) is 9.27. The molecule has 1 fully saturated rings. The van der Waals surface area contributed by atoms with Gasteiger partial charge in [-0.1, -0.05) is 0 Å². The highest BCUT2D eigenvalue weighted by Gasteiger charge is 2.20. The van der Waals surface area contributed by atoms with Crippen LogP contribution in [-0.2, 0) is 4.79 Å². The highest BCUT2D eigenvalue weighted by Crippen LogP contribution is 2.24. The minimum absolute atomic E-state index is 0.0677. The molecule has 1 amide bonds. The van der Waals surface area contributed by atoms with E-state index in [9.17, 15) is 4.79 Å². The number of piperidine rings is 1. The Morgan fingerprint density at radius 3 is 2.85 bits per heavy atom. The summed E-state index contributed by atoms with van der Waals surface area (Å²) < 4.78 is 0. The summed E-state index contributed by atoms with van der Waals surface area (Å²) in [7, 11) is 0. The third-order valence-corrected chi connectivity index (χ3v) is 5.25. The quantitative estimate of drug-likeness (QED) is 0.524. The summed E-state index contributed by atoms with van der Waals surface area (Å²) >= 11 is 1.79. The third-order valence-electron chi connectivity index (χ3n) is 4.32. The Balaban J connectivity index is 1.48. The molecule has 0 bridgehead atoms. The fourth-order valence-electron chi connectivity index (χ4n) is 3.00. The second-order valence-corrected chi connectivity index (χ2v) is 7.27. The maximum Gasteiger partial charge on any atom is 0.246 e. The monoisotopic (exact) mass is 386 g/mol. The SMILES string of the molecule is CCNC(=NCC(=O)Nc1cccnc1)NC1CCN(c2cccs2)CC1. The minimum atomic E-state index is -0.160. The lowest BCUT2D eigenvalue weighted by atomic mass is 10.1. The van der Waals surface area contributed by atoms with Crippen LogP contribution in [0.25, 0.3) is 0 Å². The van der Waals surface area contributed by atoms with E-state index in [1.165, 1.54) is 5.00 Å². The molecule has 2 aromatic heterocycles. The highest BCUT2D eigenvalue weighted by molar-refractivity contribution is 7.14. The van der Waals surface area contributed by atoms with E-state index >= 15 is 0 Å². The Kier molecular flexibility index (Phi) is 7.04. The normalized spacial score (nSPS) is 15.4. The number of pyridine rings is 1. The zero-order valence-corrected chi connectivity index (χ0v) is 16.3. The molecule has 8 heteroatoms. The number of guanidine groups is 1. The van der Waals surface area contributed by atoms with Crippen molar-refractivity contribution in [2.24, 2.45) is 4.99 Å². The average molecular weight is 387 g/mol. The largest absolute Gasteiger partial charge is 0.363 e. The van der Waals surface area contributed by atoms with Crippen LogP contribution in [0.3, 0.4) is 0 Å². The number of aliphatic imine (C=N–C) groups is 1. The summed E-state index contributed by atoms with van der Waals surface area (Å²) in [5, 5.41) is 12.9. The Labute approximate surface area is 163 Å². The molecule has 27 heavy (non-hydrogen) atoms. The van der Waals surface area contributed by atoms with Crippen molar-refractivity contribution >= 4 is 33.9 Å². The van der Waals surface area contributed by atoms with Crippen LogP contribution in [0.15, 0.2) is 47.0 Å². The molecule has 3 heterocycles. The number of amides is 1. The molecule has 144 valence electrons. The summed E-state index contributed by atoms with van der Waals surface area (Å²) in [4.78, 5) is 22.9. The van der Waals surface area contributed by atoms with Gasteiger partial charge in [0.2, 0.25) is 5.91 Å². The highest BCUT2D eigenvalue weighted by atomic mass is 32.1. The lowest BCUT2D eigenvalue weighted by molar-refractivity contribution is -0.114. The van der Waals surface area contributed by atoms with E-state index in [1.54, 1.807) is 35.9 Å². The lowest BCUT2D eigenvalue weighted by Gasteiger charge is -2.33. The summed E-state index contributed by atoms with van der Waals surface area (Å²) in [6, 6.07) is 8.22. The molecule has 3 N–H and O–H groups in total. The van der Waals surface area contributed by atoms with E-state index < -0.39 is 0 Å². The van der Waals surface area contributed by atoms with Gasteiger partial charge in [0.1, 0.15) is 6.54 Å². The van der Waals surface area contributed by atoms with Crippen LogP contribution in [0, 0.1) is 0 Å². The Morgan fingerprint density at radius 1 is 1.33 bits per heavy atom. The Hall–Kier alpha value is -2.61. The molecule has 0 aliphatic carbocycles. The van der Waals surface area contributed by atoms with Gasteiger partial charge in [-0.15, -0.1) is 11.3 Å². The van der Waals surface area contributed by atoms with E-state index in [0.29, 0.717) is 17.7 Å². The fraction of sp³-hybridized carbons (Fsp3) is 0.421. The van der Waals surface area contributed by atoms with Gasteiger partial charge in [-0.2, -0.15) is 0 Å². The van der Waals surface area contributed by atoms with Crippen molar-refractivity contribution in [2.75, 3.05) is 36.4 Å². The van der Waals surface area contributed by atoms with Crippen LogP contribution < -0.4 is 20.9 Å². The number of nitrogens with zero attached hydrogens (tertiary/aromatic N) is 3. The molecule has 0 unspecified atom stereocenters. The molecule has 0 spiro atoms. The zero-order chi connectivity index (χ0) is 18.9. The van der Waals surface area contributed by atoms with Gasteiger partial charge in [0.05, 0.1) is 16.9 Å². The van der Waals surface area contributed by atoms with Gasteiger partial charge in [-0.25, -0.2) is 4.99 Å². The minimum Gasteiger partial charge on any atom is -0.363 e. The average Bonchev–Trinajstić information content (AvgIpc) is 3.22. The molecule has 0 aromatic carbocycles. The maximum absolute atomic E-state index is 12.1. The smallest absolute Gasteiger partial charge is 0.246 e. The van der Waals surface area contributed by atoms with Crippen molar-refractivity contribution in [3.63, 3.8) is 0 Å². The molecule has 7 nitrogen and oxygen atoms in total. The lowest BCUT2D eigenvalue weighted by Crippen LogP contribution is -2.48. The third kappa shape index (κ3) is 5.96. The van der Waals surface area contributed by atoms with Gasteiger partial charge in [0.25, 0.3) is 0 Å². The van der Waals surface area contributed by atoms with Crippen molar-refractivity contribution in [1.82, 2.24) is 15.6 Å². The first-order chi connectivity index (χ1) is 13.2. The molecule has 2 aromatic rings. The molecule has 0 radical (unpaired) electrons. The number of nitrogens with one attached hydrogen (secondary N) is 3. The number of aromatic nitrogens is 1. The first-order valence-corrected chi connectivity index (χ1v) is 10.2. The van der Waals surface area contributed by atoms with E-state index in [4.69, 9.17) is 0 Å². The van der Waals surface area contributed by atoms with Gasteiger partial charge in [0.15, 0.2) is 5.96 Å². The number of thiophene rings is 1. The van der Waals surface area contributed by atoms with Gasteiger partial charge >= 0.3 is 0 Å². The van der Waals surface area contributed by atoms with Crippen LogP contribution in [0.4, 0.5) is 10.7 Å². The topological polar surface area (TPSA) is 81.6 Å². The van der Waals surface area contributed by atoms with Gasteiger partial charge < -0.3 is 20.9 Å². The molecule has 1 saturated heterocycles. The molecular formula is C19H26N6OS. The van der Waals surface area contributed by atoms with Crippen LogP contribution in [0.1, 0.15) is 19.8 Å². The predicted molar refractivity (Wildman–Crippen MR) is 112 cm³/mol. The number of hydrogen-bond donors (Lipinski definition) is 3. The summed E-state index contributed by atoms with van der Waals surface area (Å²) in [5.74, 6) is 0.529. The first kappa shape index (κ1) is 19.2. The van der Waals surface area contributed by atoms with Gasteiger partial charge in [-0.3, -0.25) is 9.78 Å². The summed E-state index contributed by atoms with van der Waals surface area (Å²) in [5.41, 5.74) is 0.677. The van der Waals surface area contributed by atoms with Crippen molar-refractivity contribution in [1.29, 1.82) is 0 Å². The molecular weight excluding hydrogens is 360 g/mol. The van der Waals surface area contributed by atoms with Gasteiger partial charge in [-0.05, 0) is 49.4 Å². The van der Waals surface area contributed by atoms with Crippen LogP contribution in [0.2, 0.25) is 0 Å². The van der Waals surface area contributed by atoms with E-state index in [1.807, 2.05) is 6.92 Å². The van der Waals surface area contributed by atoms with E-state index in [-0.39, 0.29) is 12.5 Å². The van der Waals surface area contributed by atoms with Crippen molar-refractivity contribution in [3.05, 3.63) is 42.0 Å². The Morgan fingerprint density at radius 2 is 2.19 bits per heavy atom. The molecule has 0 atom stereocenters. The van der Waals surface area contributed by atoms with E-state index in [0.717, 1.165) is 32.5 Å². The van der Waals surface area contributed by atoms with Crippen molar-refractivity contribution in [2.45, 2.75) is 25.8 Å². The number of anilines is 2. The number of carbonyl (C=O) groups is 1. The maximum atomic E-state index is 12.1. The van der Waals surface area contributed by atoms with Crippen LogP contribution in [-0.4, -0.2) is 49.1 Å². The molecule has 0 saturated carbocycles. The van der Waals surface area contributed by atoms with Crippen LogP contribution in [0.5, 0.6) is 0 Å². The Bertz CT molecular complexity index is 726. The predicted octanol–water partition coefficient (Wildman–Crippen LogP) is 2.31. The van der Waals surface area contributed by atoms with Crippen molar-refractivity contribution in [3.8, 4) is 0 Å². The number of carbonyl (C=O) groups excluding carboxylic acids is 1. The number of rotatable bonds is 6. The molecule has 1 aliphatic heterocycles. The second kappa shape index (κ2) is 9.91. The standard InChI is InChI=1S/C19H26N6OS/c1-2-21-19(22-14-17(26)23-16-5-3-9-20-13-16)24-15-7-10-25(11-8-15)18-6-4-12-27-18/h3-6,9,12-13,15H,2,7-8,10-11,14H2,1H3,(H,23,26)(H2,21,22,24). The van der Waals surface area contributed by atoms with E-state index in [2.05, 4.69) is 48.3 Å². The number of hydrogen-bond acceptors (Lipinski definition) is 5. The molecule has 1 aliphatic rings. The van der Waals surface area contributed by atoms with Crippen LogP contribution >= 0.6 is 11.3 Å². The fourth-order valence-corrected chi connectivity index (χ4v) is 3.78. The summed E-state index contributed by atoms with van der Waals surface area (Å²) in [6.07, 6.45) is 5.38. The second-order valence-electron chi connectivity index (χ2n) is 6.34. The van der Waals surface area contributed by atoms with Crippen molar-refractivity contribution < 1.29 is 4.79 Å².